The number of aliphatic imine (C=N–C) groups is 1. The number of hydrogen-bond acceptors (Lipinski definition) is 4. The number of anilines is 1. The van der Waals surface area contributed by atoms with Crippen molar-refractivity contribution in [3.05, 3.63) is 75.9 Å². The molecule has 26 heavy (non-hydrogen) atoms. The molecule has 3 aromatic rings. The highest BCUT2D eigenvalue weighted by Crippen LogP contribution is 2.35. The van der Waals surface area contributed by atoms with Gasteiger partial charge in [0.15, 0.2) is 5.96 Å². The molecule has 0 radical (unpaired) electrons. The second-order valence-electron chi connectivity index (χ2n) is 6.37. The van der Waals surface area contributed by atoms with Gasteiger partial charge in [0.2, 0.25) is 0 Å². The van der Waals surface area contributed by atoms with Crippen LogP contribution >= 0.6 is 11.3 Å². The summed E-state index contributed by atoms with van der Waals surface area (Å²) < 4.78 is 0. The molecule has 0 amide bonds. The van der Waals surface area contributed by atoms with Crippen LogP contribution in [0.3, 0.4) is 0 Å². The number of aryl methyl sites for hydroxylation is 1. The van der Waals surface area contributed by atoms with Crippen LogP contribution in [-0.4, -0.2) is 15.9 Å². The van der Waals surface area contributed by atoms with E-state index in [1.165, 1.54) is 16.1 Å². The number of nitrogens with one attached hydrogen (secondary N) is 1. The molecule has 1 aliphatic rings. The molecule has 3 N–H and O–H groups in total. The minimum atomic E-state index is 0.360. The summed E-state index contributed by atoms with van der Waals surface area (Å²) in [6, 6.07) is 16.4. The van der Waals surface area contributed by atoms with E-state index in [0.29, 0.717) is 24.2 Å². The van der Waals surface area contributed by atoms with Crippen molar-refractivity contribution < 1.29 is 0 Å². The number of nitrogens with zero attached hydrogens (tertiary/aromatic N) is 3. The maximum atomic E-state index is 5.95. The predicted molar refractivity (Wildman–Crippen MR) is 107 cm³/mol. The molecule has 2 heterocycles. The van der Waals surface area contributed by atoms with Crippen LogP contribution in [-0.2, 0) is 19.4 Å². The van der Waals surface area contributed by atoms with E-state index in [1.54, 1.807) is 17.5 Å². The third-order valence-electron chi connectivity index (χ3n) is 4.56. The summed E-state index contributed by atoms with van der Waals surface area (Å²) in [6.45, 7) is 0.499. The first-order chi connectivity index (χ1) is 12.8. The molecule has 0 saturated heterocycles. The SMILES string of the molecule is NC(=NCc1nc2c(s1)CC(c1ccccc1)CC2)Nc1ccccn1. The van der Waals surface area contributed by atoms with Crippen LogP contribution in [0.4, 0.5) is 5.82 Å². The number of nitrogens with two attached hydrogens (primary N) is 1. The van der Waals surface area contributed by atoms with Gasteiger partial charge in [0.05, 0.1) is 12.2 Å². The van der Waals surface area contributed by atoms with Crippen molar-refractivity contribution in [2.75, 3.05) is 5.32 Å². The van der Waals surface area contributed by atoms with Crippen LogP contribution in [0.15, 0.2) is 59.7 Å². The van der Waals surface area contributed by atoms with E-state index in [9.17, 15) is 0 Å². The van der Waals surface area contributed by atoms with Gasteiger partial charge in [0, 0.05) is 11.1 Å². The van der Waals surface area contributed by atoms with Crippen LogP contribution in [0.5, 0.6) is 0 Å². The molecule has 4 rings (SSSR count). The van der Waals surface area contributed by atoms with E-state index in [1.807, 2.05) is 18.2 Å². The third-order valence-corrected chi connectivity index (χ3v) is 5.67. The topological polar surface area (TPSA) is 76.2 Å². The molecule has 1 unspecified atom stereocenters. The van der Waals surface area contributed by atoms with Gasteiger partial charge in [-0.25, -0.2) is 15.0 Å². The Kier molecular flexibility index (Phi) is 4.93. The molecule has 6 heteroatoms. The zero-order valence-corrected chi connectivity index (χ0v) is 15.2. The highest BCUT2D eigenvalue weighted by Gasteiger charge is 2.23. The van der Waals surface area contributed by atoms with Crippen molar-refractivity contribution in [2.24, 2.45) is 10.7 Å². The largest absolute Gasteiger partial charge is 0.370 e. The second-order valence-corrected chi connectivity index (χ2v) is 7.54. The van der Waals surface area contributed by atoms with Crippen molar-refractivity contribution in [3.8, 4) is 0 Å². The summed E-state index contributed by atoms with van der Waals surface area (Å²) in [4.78, 5) is 14.7. The Bertz CT molecular complexity index is 889. The van der Waals surface area contributed by atoms with Crippen molar-refractivity contribution in [1.29, 1.82) is 0 Å². The van der Waals surface area contributed by atoms with E-state index in [2.05, 4.69) is 45.6 Å². The highest BCUT2D eigenvalue weighted by atomic mass is 32.1. The minimum Gasteiger partial charge on any atom is -0.370 e. The molecule has 5 nitrogen and oxygen atoms in total. The molecule has 0 aliphatic heterocycles. The molecular weight excluding hydrogens is 342 g/mol. The number of pyridine rings is 1. The van der Waals surface area contributed by atoms with Crippen molar-refractivity contribution >= 4 is 23.1 Å². The number of thiazole rings is 1. The summed E-state index contributed by atoms with van der Waals surface area (Å²) in [5.41, 5.74) is 8.61. The Morgan fingerprint density at radius 1 is 1.19 bits per heavy atom. The average Bonchev–Trinajstić information content (AvgIpc) is 3.10. The molecule has 0 spiro atoms. The van der Waals surface area contributed by atoms with Gasteiger partial charge in [-0.2, -0.15) is 0 Å². The van der Waals surface area contributed by atoms with Gasteiger partial charge in [-0.1, -0.05) is 36.4 Å². The van der Waals surface area contributed by atoms with Gasteiger partial charge in [-0.05, 0) is 42.9 Å². The van der Waals surface area contributed by atoms with Gasteiger partial charge in [-0.3, -0.25) is 0 Å². The Balaban J connectivity index is 1.41. The fourth-order valence-corrected chi connectivity index (χ4v) is 4.39. The molecule has 1 aliphatic carbocycles. The first-order valence-electron chi connectivity index (χ1n) is 8.78. The van der Waals surface area contributed by atoms with Gasteiger partial charge in [-0.15, -0.1) is 11.3 Å². The van der Waals surface area contributed by atoms with Crippen LogP contribution in [0.1, 0.15) is 33.5 Å². The number of benzene rings is 1. The summed E-state index contributed by atoms with van der Waals surface area (Å²) >= 11 is 1.76. The van der Waals surface area contributed by atoms with Crippen molar-refractivity contribution in [1.82, 2.24) is 9.97 Å². The minimum absolute atomic E-state index is 0.360. The molecule has 0 saturated carbocycles. The Hall–Kier alpha value is -2.73. The number of guanidine groups is 1. The fourth-order valence-electron chi connectivity index (χ4n) is 3.27. The van der Waals surface area contributed by atoms with E-state index >= 15 is 0 Å². The van der Waals surface area contributed by atoms with Gasteiger partial charge in [0.1, 0.15) is 10.8 Å². The van der Waals surface area contributed by atoms with Crippen LogP contribution in [0.2, 0.25) is 0 Å². The Morgan fingerprint density at radius 2 is 2.04 bits per heavy atom. The summed E-state index contributed by atoms with van der Waals surface area (Å²) in [5.74, 6) is 1.65. The monoisotopic (exact) mass is 363 g/mol. The second kappa shape index (κ2) is 7.66. The maximum absolute atomic E-state index is 5.95. The fraction of sp³-hybridized carbons (Fsp3) is 0.250. The molecule has 132 valence electrons. The van der Waals surface area contributed by atoms with E-state index < -0.39 is 0 Å². The number of rotatable bonds is 4. The third kappa shape index (κ3) is 3.91. The van der Waals surface area contributed by atoms with Crippen LogP contribution in [0.25, 0.3) is 0 Å². The lowest BCUT2D eigenvalue weighted by Gasteiger charge is -2.21. The van der Waals surface area contributed by atoms with Crippen LogP contribution in [0, 0.1) is 0 Å². The molecule has 1 atom stereocenters. The summed E-state index contributed by atoms with van der Waals surface area (Å²) in [7, 11) is 0. The lowest BCUT2D eigenvalue weighted by atomic mass is 9.85. The standard InChI is InChI=1S/C20H21N5S/c21-20(25-18-8-4-5-11-22-18)23-13-19-24-16-10-9-15(12-17(16)26-19)14-6-2-1-3-7-14/h1-8,11,15H,9-10,12-13H2,(H3,21,22,23,25). The van der Waals surface area contributed by atoms with Crippen LogP contribution < -0.4 is 11.1 Å². The first kappa shape index (κ1) is 16.7. The highest BCUT2D eigenvalue weighted by molar-refractivity contribution is 7.11. The van der Waals surface area contributed by atoms with E-state index in [4.69, 9.17) is 10.7 Å². The quantitative estimate of drug-likeness (QED) is 0.547. The Labute approximate surface area is 157 Å². The molecular formula is C20H21N5S. The normalized spacial score (nSPS) is 16.9. The lowest BCUT2D eigenvalue weighted by Crippen LogP contribution is -2.23. The molecule has 0 bridgehead atoms. The van der Waals surface area contributed by atoms with Gasteiger partial charge >= 0.3 is 0 Å². The molecule has 0 fully saturated rings. The zero-order valence-electron chi connectivity index (χ0n) is 14.4. The van der Waals surface area contributed by atoms with Crippen molar-refractivity contribution in [3.63, 3.8) is 0 Å². The van der Waals surface area contributed by atoms with Crippen molar-refractivity contribution in [2.45, 2.75) is 31.7 Å². The van der Waals surface area contributed by atoms with Gasteiger partial charge in [0.25, 0.3) is 0 Å². The first-order valence-corrected chi connectivity index (χ1v) is 9.60. The average molecular weight is 363 g/mol. The molecule has 1 aromatic carbocycles. The predicted octanol–water partition coefficient (Wildman–Crippen LogP) is 3.74. The Morgan fingerprint density at radius 3 is 2.85 bits per heavy atom. The summed E-state index contributed by atoms with van der Waals surface area (Å²) in [5, 5.41) is 4.02. The number of hydrogen-bond donors (Lipinski definition) is 2. The van der Waals surface area contributed by atoms with Gasteiger partial charge < -0.3 is 11.1 Å². The van der Waals surface area contributed by atoms with E-state index in [0.717, 1.165) is 24.3 Å². The maximum Gasteiger partial charge on any atom is 0.194 e. The molecule has 2 aromatic heterocycles. The smallest absolute Gasteiger partial charge is 0.194 e. The van der Waals surface area contributed by atoms with E-state index in [-0.39, 0.29) is 0 Å². The number of fused-ring (bicyclic) bond motifs is 1. The number of aromatic nitrogens is 2. The lowest BCUT2D eigenvalue weighted by molar-refractivity contribution is 0.584. The zero-order chi connectivity index (χ0) is 17.8. The summed E-state index contributed by atoms with van der Waals surface area (Å²) in [6.07, 6.45) is 4.99.